The van der Waals surface area contributed by atoms with Crippen molar-refractivity contribution in [2.24, 2.45) is 0 Å². The summed E-state index contributed by atoms with van der Waals surface area (Å²) in [5.41, 5.74) is 2.06. The number of nitrogens with one attached hydrogen (secondary N) is 1. The number of anilines is 1. The number of rotatable bonds is 7. The Hall–Kier alpha value is -2.25. The minimum atomic E-state index is -3.65. The molecule has 146 valence electrons. The lowest BCUT2D eigenvalue weighted by Crippen LogP contribution is -2.41. The Morgan fingerprint density at radius 2 is 1.85 bits per heavy atom. The summed E-state index contributed by atoms with van der Waals surface area (Å²) < 4.78 is 30.5. The Bertz CT molecular complexity index is 914. The maximum absolute atomic E-state index is 12.5. The van der Waals surface area contributed by atoms with Crippen LogP contribution in [0.1, 0.15) is 24.1 Å². The van der Waals surface area contributed by atoms with Gasteiger partial charge in [-0.15, -0.1) is 0 Å². The Balaban J connectivity index is 2.14. The average molecular weight is 411 g/mol. The van der Waals surface area contributed by atoms with Crippen LogP contribution in [0.25, 0.3) is 0 Å². The van der Waals surface area contributed by atoms with E-state index in [-0.39, 0.29) is 12.6 Å². The van der Waals surface area contributed by atoms with Crippen molar-refractivity contribution < 1.29 is 17.9 Å². The summed E-state index contributed by atoms with van der Waals surface area (Å²) in [6.45, 7) is 3.31. The molecule has 1 atom stereocenters. The number of methoxy groups -OCH3 is 1. The molecule has 0 saturated carbocycles. The smallest absolute Gasteiger partial charge is 0.241 e. The number of aryl methyl sites for hydroxylation is 1. The van der Waals surface area contributed by atoms with Gasteiger partial charge in [0.05, 0.1) is 25.1 Å². The van der Waals surface area contributed by atoms with E-state index in [0.29, 0.717) is 10.7 Å². The van der Waals surface area contributed by atoms with E-state index in [1.54, 1.807) is 31.4 Å². The van der Waals surface area contributed by atoms with E-state index in [2.05, 4.69) is 5.32 Å². The average Bonchev–Trinajstić information content (AvgIpc) is 2.61. The maximum atomic E-state index is 12.5. The lowest BCUT2D eigenvalue weighted by atomic mass is 10.1. The van der Waals surface area contributed by atoms with Gasteiger partial charge in [0.15, 0.2) is 0 Å². The van der Waals surface area contributed by atoms with Gasteiger partial charge in [-0.05, 0) is 49.2 Å². The largest absolute Gasteiger partial charge is 0.497 e. The van der Waals surface area contributed by atoms with Crippen LogP contribution in [0.2, 0.25) is 5.02 Å². The highest BCUT2D eigenvalue weighted by atomic mass is 35.5. The molecule has 0 heterocycles. The van der Waals surface area contributed by atoms with Gasteiger partial charge in [0, 0.05) is 5.02 Å². The lowest BCUT2D eigenvalue weighted by Gasteiger charge is -2.23. The Morgan fingerprint density at radius 1 is 1.22 bits per heavy atom. The van der Waals surface area contributed by atoms with E-state index in [9.17, 15) is 13.2 Å². The van der Waals surface area contributed by atoms with Crippen LogP contribution in [0, 0.1) is 6.92 Å². The molecular formula is C19H23ClN2O4S. The molecular weight excluding hydrogens is 388 g/mol. The number of carbonyl (C=O) groups is 1. The molecule has 0 aliphatic rings. The number of halogens is 1. The van der Waals surface area contributed by atoms with Crippen LogP contribution >= 0.6 is 11.6 Å². The van der Waals surface area contributed by atoms with Crippen LogP contribution < -0.4 is 14.4 Å². The SMILES string of the molecule is COc1ccc([C@@H](C)NC(=O)CN(c2ccc(C)c(Cl)c2)S(C)(=O)=O)cc1. The van der Waals surface area contributed by atoms with Gasteiger partial charge < -0.3 is 10.1 Å². The zero-order valence-corrected chi connectivity index (χ0v) is 17.3. The summed E-state index contributed by atoms with van der Waals surface area (Å²) in [4.78, 5) is 12.5. The Morgan fingerprint density at radius 3 is 2.37 bits per heavy atom. The molecule has 2 rings (SSSR count). The third-order valence-corrected chi connectivity index (χ3v) is 5.67. The third kappa shape index (κ3) is 5.61. The van der Waals surface area contributed by atoms with Crippen LogP contribution in [0.5, 0.6) is 5.75 Å². The monoisotopic (exact) mass is 410 g/mol. The molecule has 1 N–H and O–H groups in total. The fraction of sp³-hybridized carbons (Fsp3) is 0.316. The highest BCUT2D eigenvalue weighted by Crippen LogP contribution is 2.25. The van der Waals surface area contributed by atoms with Gasteiger partial charge in [-0.1, -0.05) is 29.8 Å². The highest BCUT2D eigenvalue weighted by molar-refractivity contribution is 7.92. The molecule has 27 heavy (non-hydrogen) atoms. The molecule has 0 spiro atoms. The number of amides is 1. The number of ether oxygens (including phenoxy) is 1. The quantitative estimate of drug-likeness (QED) is 0.759. The molecule has 0 aromatic heterocycles. The Kier molecular flexibility index (Phi) is 6.73. The molecule has 1 amide bonds. The molecule has 8 heteroatoms. The minimum Gasteiger partial charge on any atom is -0.497 e. The fourth-order valence-electron chi connectivity index (χ4n) is 2.53. The number of hydrogen-bond donors (Lipinski definition) is 1. The molecule has 0 saturated heterocycles. The van der Waals surface area contributed by atoms with Gasteiger partial charge in [-0.3, -0.25) is 9.10 Å². The summed E-state index contributed by atoms with van der Waals surface area (Å²) in [7, 11) is -2.07. The van der Waals surface area contributed by atoms with Gasteiger partial charge in [0.25, 0.3) is 0 Å². The van der Waals surface area contributed by atoms with E-state index >= 15 is 0 Å². The van der Waals surface area contributed by atoms with Crippen molar-refractivity contribution in [1.82, 2.24) is 5.32 Å². The number of nitrogens with zero attached hydrogens (tertiary/aromatic N) is 1. The summed E-state index contributed by atoms with van der Waals surface area (Å²) in [6, 6.07) is 11.9. The number of sulfonamides is 1. The first kappa shape index (κ1) is 21.1. The van der Waals surface area contributed by atoms with Crippen molar-refractivity contribution in [3.63, 3.8) is 0 Å². The van der Waals surface area contributed by atoms with Crippen molar-refractivity contribution >= 4 is 33.2 Å². The predicted octanol–water partition coefficient (Wildman–Crippen LogP) is 3.30. The first-order valence-electron chi connectivity index (χ1n) is 8.29. The predicted molar refractivity (Wildman–Crippen MR) is 108 cm³/mol. The van der Waals surface area contributed by atoms with Crippen LogP contribution in [-0.4, -0.2) is 34.2 Å². The fourth-order valence-corrected chi connectivity index (χ4v) is 3.55. The topological polar surface area (TPSA) is 75.7 Å². The van der Waals surface area contributed by atoms with Crippen molar-refractivity contribution in [2.45, 2.75) is 19.9 Å². The maximum Gasteiger partial charge on any atom is 0.241 e. The third-order valence-electron chi connectivity index (χ3n) is 4.12. The van der Waals surface area contributed by atoms with Crippen LogP contribution in [0.3, 0.4) is 0 Å². The van der Waals surface area contributed by atoms with Crippen molar-refractivity contribution in [2.75, 3.05) is 24.2 Å². The van der Waals surface area contributed by atoms with Crippen LogP contribution in [0.15, 0.2) is 42.5 Å². The number of hydrogen-bond acceptors (Lipinski definition) is 4. The van der Waals surface area contributed by atoms with E-state index in [1.165, 1.54) is 6.07 Å². The molecule has 0 aliphatic carbocycles. The summed E-state index contributed by atoms with van der Waals surface area (Å²) >= 11 is 6.10. The van der Waals surface area contributed by atoms with Crippen LogP contribution in [0.4, 0.5) is 5.69 Å². The van der Waals surface area contributed by atoms with Crippen LogP contribution in [-0.2, 0) is 14.8 Å². The van der Waals surface area contributed by atoms with Gasteiger partial charge in [0.1, 0.15) is 12.3 Å². The van der Waals surface area contributed by atoms with Crippen molar-refractivity contribution in [3.8, 4) is 5.75 Å². The molecule has 2 aromatic rings. The zero-order valence-electron chi connectivity index (χ0n) is 15.7. The van der Waals surface area contributed by atoms with E-state index < -0.39 is 15.9 Å². The summed E-state index contributed by atoms with van der Waals surface area (Å²) in [5, 5.41) is 3.25. The number of benzene rings is 2. The second-order valence-electron chi connectivity index (χ2n) is 6.27. The van der Waals surface area contributed by atoms with E-state index in [4.69, 9.17) is 16.3 Å². The first-order chi connectivity index (χ1) is 12.6. The second kappa shape index (κ2) is 8.63. The molecule has 2 aromatic carbocycles. The van der Waals surface area contributed by atoms with Gasteiger partial charge in [0.2, 0.25) is 15.9 Å². The highest BCUT2D eigenvalue weighted by Gasteiger charge is 2.22. The zero-order chi connectivity index (χ0) is 20.2. The molecule has 0 fully saturated rings. The molecule has 0 bridgehead atoms. The lowest BCUT2D eigenvalue weighted by molar-refractivity contribution is -0.120. The Labute approximate surface area is 165 Å². The molecule has 0 radical (unpaired) electrons. The second-order valence-corrected chi connectivity index (χ2v) is 8.58. The summed E-state index contributed by atoms with van der Waals surface area (Å²) in [5.74, 6) is 0.303. The molecule has 0 unspecified atom stereocenters. The normalized spacial score (nSPS) is 12.3. The van der Waals surface area contributed by atoms with Gasteiger partial charge >= 0.3 is 0 Å². The molecule has 6 nitrogen and oxygen atoms in total. The van der Waals surface area contributed by atoms with Gasteiger partial charge in [-0.25, -0.2) is 8.42 Å². The van der Waals surface area contributed by atoms with Crippen molar-refractivity contribution in [1.29, 1.82) is 0 Å². The summed E-state index contributed by atoms with van der Waals surface area (Å²) in [6.07, 6.45) is 1.06. The minimum absolute atomic E-state index is 0.286. The number of carbonyl (C=O) groups excluding carboxylic acids is 1. The standard InChI is InChI=1S/C19H23ClN2O4S/c1-13-5-8-16(11-18(13)20)22(27(4,24)25)12-19(23)21-14(2)15-6-9-17(26-3)10-7-15/h5-11,14H,12H2,1-4H3,(H,21,23)/t14-/m1/s1. The van der Waals surface area contributed by atoms with Crippen molar-refractivity contribution in [3.05, 3.63) is 58.6 Å². The molecule has 0 aliphatic heterocycles. The first-order valence-corrected chi connectivity index (χ1v) is 10.5. The van der Waals surface area contributed by atoms with E-state index in [1.807, 2.05) is 26.0 Å². The van der Waals surface area contributed by atoms with Gasteiger partial charge in [-0.2, -0.15) is 0 Å². The van der Waals surface area contributed by atoms with E-state index in [0.717, 1.165) is 27.4 Å².